The zero-order valence-electron chi connectivity index (χ0n) is 20.6. The molecule has 1 aliphatic carbocycles. The van der Waals surface area contributed by atoms with Crippen LogP contribution < -0.4 is 15.1 Å². The van der Waals surface area contributed by atoms with Gasteiger partial charge in [-0.3, -0.25) is 0 Å². The van der Waals surface area contributed by atoms with Crippen LogP contribution in [0.15, 0.2) is 36.7 Å². The number of anilines is 4. The molecule has 1 saturated heterocycles. The van der Waals surface area contributed by atoms with E-state index in [-0.39, 0.29) is 5.82 Å². The van der Waals surface area contributed by atoms with Crippen molar-refractivity contribution >= 4 is 23.1 Å². The molecule has 1 saturated carbocycles. The SMILES string of the molecule is CNc1nc(CC2C3CCC2CN(c2cc(C)ncn2)C3)nc2c1[C@H](C)CN2c1ccc(F)cc1. The van der Waals surface area contributed by atoms with Gasteiger partial charge in [0, 0.05) is 62.0 Å². The summed E-state index contributed by atoms with van der Waals surface area (Å²) in [5.41, 5.74) is 3.13. The van der Waals surface area contributed by atoms with E-state index in [1.165, 1.54) is 25.0 Å². The van der Waals surface area contributed by atoms with Gasteiger partial charge in [0.1, 0.15) is 35.4 Å². The molecule has 0 spiro atoms. The Labute approximate surface area is 205 Å². The third-order valence-electron chi connectivity index (χ3n) is 8.11. The van der Waals surface area contributed by atoms with Crippen LogP contribution in [0.5, 0.6) is 0 Å². The maximum Gasteiger partial charge on any atom is 0.142 e. The van der Waals surface area contributed by atoms with E-state index in [1.54, 1.807) is 6.33 Å². The first-order valence-electron chi connectivity index (χ1n) is 12.7. The van der Waals surface area contributed by atoms with E-state index in [9.17, 15) is 4.39 Å². The minimum absolute atomic E-state index is 0.223. The highest BCUT2D eigenvalue weighted by Crippen LogP contribution is 2.46. The van der Waals surface area contributed by atoms with Gasteiger partial charge in [0.2, 0.25) is 0 Å². The van der Waals surface area contributed by atoms with E-state index in [0.717, 1.165) is 66.3 Å². The monoisotopic (exact) mass is 473 g/mol. The molecule has 0 radical (unpaired) electrons. The molecule has 7 nitrogen and oxygen atoms in total. The second kappa shape index (κ2) is 8.73. The van der Waals surface area contributed by atoms with Crippen LogP contribution >= 0.6 is 0 Å². The van der Waals surface area contributed by atoms with Crippen LogP contribution in [0.4, 0.5) is 27.5 Å². The molecule has 1 N–H and O–H groups in total. The molecular formula is C27H32FN7. The van der Waals surface area contributed by atoms with Gasteiger partial charge in [-0.05, 0) is 61.8 Å². The van der Waals surface area contributed by atoms with E-state index in [1.807, 2.05) is 26.1 Å². The van der Waals surface area contributed by atoms with Crippen molar-refractivity contribution in [2.45, 2.75) is 39.0 Å². The van der Waals surface area contributed by atoms with Crippen LogP contribution in [-0.2, 0) is 6.42 Å². The lowest BCUT2D eigenvalue weighted by Crippen LogP contribution is -2.43. The highest BCUT2D eigenvalue weighted by Gasteiger charge is 2.43. The summed E-state index contributed by atoms with van der Waals surface area (Å²) >= 11 is 0. The first-order valence-corrected chi connectivity index (χ1v) is 12.7. The first-order chi connectivity index (χ1) is 17.0. The van der Waals surface area contributed by atoms with Crippen molar-refractivity contribution in [1.82, 2.24) is 19.9 Å². The van der Waals surface area contributed by atoms with Crippen molar-refractivity contribution < 1.29 is 4.39 Å². The summed E-state index contributed by atoms with van der Waals surface area (Å²) in [6, 6.07) is 8.80. The van der Waals surface area contributed by atoms with E-state index >= 15 is 0 Å². The fraction of sp³-hybridized carbons (Fsp3) is 0.481. The molecular weight excluding hydrogens is 441 g/mol. The molecule has 2 aliphatic heterocycles. The fourth-order valence-electron chi connectivity index (χ4n) is 6.42. The molecule has 1 aromatic carbocycles. The van der Waals surface area contributed by atoms with Crippen molar-refractivity contribution in [3.8, 4) is 0 Å². The Balaban J connectivity index is 1.27. The van der Waals surface area contributed by atoms with Gasteiger partial charge in [0.25, 0.3) is 0 Å². The quantitative estimate of drug-likeness (QED) is 0.575. The molecule has 8 heteroatoms. The maximum atomic E-state index is 13.6. The van der Waals surface area contributed by atoms with Crippen LogP contribution in [0.2, 0.25) is 0 Å². The minimum Gasteiger partial charge on any atom is -0.373 e. The molecule has 2 bridgehead atoms. The standard InChI is InChI=1S/C27H32FN7/c1-16-12-35(21-8-6-20(28)7-9-21)27-25(16)26(29-3)32-23(33-27)11-22-18-4-5-19(22)14-34(13-18)24-10-17(2)30-15-31-24/h6-10,15-16,18-19,22H,4-5,11-14H2,1-3H3,(H,29,32,33)/t16-,18?,19?,22?/m1/s1. The number of aromatic nitrogens is 4. The summed E-state index contributed by atoms with van der Waals surface area (Å²) in [6.45, 7) is 7.10. The van der Waals surface area contributed by atoms with Crippen molar-refractivity contribution in [3.05, 3.63) is 59.6 Å². The number of hydrogen-bond donors (Lipinski definition) is 1. The van der Waals surface area contributed by atoms with E-state index in [0.29, 0.717) is 23.7 Å². The van der Waals surface area contributed by atoms with Gasteiger partial charge in [0.15, 0.2) is 0 Å². The average Bonchev–Trinajstić information content (AvgIpc) is 3.29. The Morgan fingerprint density at radius 3 is 2.46 bits per heavy atom. The molecule has 3 aliphatic rings. The third-order valence-corrected chi connectivity index (χ3v) is 8.11. The zero-order valence-corrected chi connectivity index (χ0v) is 20.6. The van der Waals surface area contributed by atoms with Gasteiger partial charge in [0.05, 0.1) is 0 Å². The van der Waals surface area contributed by atoms with E-state index in [2.05, 4.69) is 38.1 Å². The summed E-state index contributed by atoms with van der Waals surface area (Å²) in [7, 11) is 1.94. The third kappa shape index (κ3) is 3.98. The molecule has 3 atom stereocenters. The van der Waals surface area contributed by atoms with Crippen molar-refractivity contribution in [1.29, 1.82) is 0 Å². The van der Waals surface area contributed by atoms with Crippen molar-refractivity contribution in [3.63, 3.8) is 0 Å². The van der Waals surface area contributed by atoms with Crippen LogP contribution in [0.3, 0.4) is 0 Å². The smallest absolute Gasteiger partial charge is 0.142 e. The van der Waals surface area contributed by atoms with Gasteiger partial charge < -0.3 is 15.1 Å². The molecule has 2 unspecified atom stereocenters. The van der Waals surface area contributed by atoms with Gasteiger partial charge in [-0.25, -0.2) is 24.3 Å². The number of rotatable bonds is 5. The van der Waals surface area contributed by atoms with Crippen LogP contribution in [0.25, 0.3) is 0 Å². The number of piperidine rings is 1. The predicted molar refractivity (Wildman–Crippen MR) is 136 cm³/mol. The topological polar surface area (TPSA) is 70.1 Å². The highest BCUT2D eigenvalue weighted by atomic mass is 19.1. The predicted octanol–water partition coefficient (Wildman–Crippen LogP) is 4.72. The number of benzene rings is 1. The van der Waals surface area contributed by atoms with E-state index in [4.69, 9.17) is 9.97 Å². The van der Waals surface area contributed by atoms with Crippen LogP contribution in [0.1, 0.15) is 42.8 Å². The number of aryl methyl sites for hydroxylation is 1. The van der Waals surface area contributed by atoms with Crippen LogP contribution in [0, 0.1) is 30.5 Å². The normalized spacial score (nSPS) is 25.1. The molecule has 182 valence electrons. The lowest BCUT2D eigenvalue weighted by molar-refractivity contribution is 0.265. The summed E-state index contributed by atoms with van der Waals surface area (Å²) in [5, 5.41) is 3.33. The molecule has 4 heterocycles. The summed E-state index contributed by atoms with van der Waals surface area (Å²) < 4.78 is 13.6. The number of fused-ring (bicyclic) bond motifs is 3. The zero-order chi connectivity index (χ0) is 24.1. The van der Waals surface area contributed by atoms with E-state index < -0.39 is 0 Å². The Morgan fingerprint density at radius 2 is 1.77 bits per heavy atom. The largest absolute Gasteiger partial charge is 0.373 e. The van der Waals surface area contributed by atoms with Gasteiger partial charge >= 0.3 is 0 Å². The number of nitrogens with zero attached hydrogens (tertiary/aromatic N) is 6. The molecule has 6 rings (SSSR count). The minimum atomic E-state index is -0.223. The lowest BCUT2D eigenvalue weighted by atomic mass is 9.82. The molecule has 35 heavy (non-hydrogen) atoms. The lowest BCUT2D eigenvalue weighted by Gasteiger charge is -2.38. The maximum absolute atomic E-state index is 13.6. The highest BCUT2D eigenvalue weighted by molar-refractivity contribution is 5.72. The fourth-order valence-corrected chi connectivity index (χ4v) is 6.42. The molecule has 3 aromatic rings. The Kier molecular flexibility index (Phi) is 5.54. The summed E-state index contributed by atoms with van der Waals surface area (Å²) in [6.07, 6.45) is 5.06. The van der Waals surface area contributed by atoms with Gasteiger partial charge in [-0.1, -0.05) is 6.92 Å². The number of hydrogen-bond acceptors (Lipinski definition) is 7. The Hall–Kier alpha value is -3.29. The van der Waals surface area contributed by atoms with Crippen molar-refractivity contribution in [2.75, 3.05) is 41.8 Å². The number of halogens is 1. The Morgan fingerprint density at radius 1 is 1.03 bits per heavy atom. The molecule has 0 amide bonds. The van der Waals surface area contributed by atoms with Gasteiger partial charge in [-0.15, -0.1) is 0 Å². The molecule has 2 aromatic heterocycles. The molecule has 2 fully saturated rings. The second-order valence-corrected chi connectivity index (χ2v) is 10.4. The number of nitrogens with one attached hydrogen (secondary N) is 1. The summed E-state index contributed by atoms with van der Waals surface area (Å²) in [4.78, 5) is 23.5. The van der Waals surface area contributed by atoms with Crippen LogP contribution in [-0.4, -0.2) is 46.6 Å². The second-order valence-electron chi connectivity index (χ2n) is 10.4. The average molecular weight is 474 g/mol. The first kappa shape index (κ1) is 22.2. The van der Waals surface area contributed by atoms with Crippen molar-refractivity contribution in [2.24, 2.45) is 17.8 Å². The van der Waals surface area contributed by atoms with Gasteiger partial charge in [-0.2, -0.15) is 0 Å². The summed E-state index contributed by atoms with van der Waals surface area (Å²) in [5.74, 6) is 5.71. The Bertz CT molecular complexity index is 1220.